The van der Waals surface area contributed by atoms with E-state index in [0.29, 0.717) is 11.8 Å². The lowest BCUT2D eigenvalue weighted by Crippen LogP contribution is -2.25. The lowest BCUT2D eigenvalue weighted by atomic mass is 9.93. The van der Waals surface area contributed by atoms with Crippen molar-refractivity contribution in [3.8, 4) is 0 Å². The summed E-state index contributed by atoms with van der Waals surface area (Å²) in [5.74, 6) is 0.0851. The van der Waals surface area contributed by atoms with E-state index >= 15 is 0 Å². The molecule has 1 fully saturated rings. The van der Waals surface area contributed by atoms with Gasteiger partial charge in [-0.1, -0.05) is 13.8 Å². The van der Waals surface area contributed by atoms with Crippen molar-refractivity contribution in [2.45, 2.75) is 33.1 Å². The van der Waals surface area contributed by atoms with E-state index in [1.165, 1.54) is 12.0 Å². The molecule has 3 N–H and O–H groups in total. The molecule has 19 heavy (non-hydrogen) atoms. The van der Waals surface area contributed by atoms with Crippen molar-refractivity contribution in [1.82, 2.24) is 0 Å². The Balaban J connectivity index is 1.93. The van der Waals surface area contributed by atoms with Crippen LogP contribution in [0.15, 0.2) is 12.1 Å². The number of benzene rings is 1. The van der Waals surface area contributed by atoms with Gasteiger partial charge in [0.1, 0.15) is 0 Å². The number of amides is 1. The maximum atomic E-state index is 11.4. The summed E-state index contributed by atoms with van der Waals surface area (Å²) in [4.78, 5) is 13.8. The number of nitrogens with one attached hydrogen (secondary N) is 1. The van der Waals surface area contributed by atoms with E-state index in [-0.39, 0.29) is 5.91 Å². The summed E-state index contributed by atoms with van der Waals surface area (Å²) in [6.45, 7) is 6.69. The van der Waals surface area contributed by atoms with Crippen molar-refractivity contribution < 1.29 is 4.79 Å². The van der Waals surface area contributed by atoms with Crippen molar-refractivity contribution in [1.29, 1.82) is 0 Å². The number of rotatable bonds is 1. The lowest BCUT2D eigenvalue weighted by molar-refractivity contribution is -0.116. The number of fused-ring (bicyclic) bond motifs is 1. The molecule has 0 bridgehead atoms. The zero-order chi connectivity index (χ0) is 13.6. The van der Waals surface area contributed by atoms with Gasteiger partial charge >= 0.3 is 0 Å². The molecule has 2 aliphatic rings. The first-order valence-electron chi connectivity index (χ1n) is 6.92. The molecule has 0 radical (unpaired) electrons. The van der Waals surface area contributed by atoms with Gasteiger partial charge in [0.2, 0.25) is 5.91 Å². The van der Waals surface area contributed by atoms with Crippen molar-refractivity contribution in [2.75, 3.05) is 29.0 Å². The number of hydrogen-bond acceptors (Lipinski definition) is 3. The van der Waals surface area contributed by atoms with Crippen LogP contribution in [-0.2, 0) is 11.2 Å². The topological polar surface area (TPSA) is 58.4 Å². The second kappa shape index (κ2) is 4.15. The molecular formula is C15H21N3O. The van der Waals surface area contributed by atoms with E-state index in [1.54, 1.807) is 0 Å². The second-order valence-corrected chi connectivity index (χ2v) is 6.45. The largest absolute Gasteiger partial charge is 0.397 e. The monoisotopic (exact) mass is 259 g/mol. The summed E-state index contributed by atoms with van der Waals surface area (Å²) in [6.07, 6.45) is 2.58. The van der Waals surface area contributed by atoms with Gasteiger partial charge in [-0.3, -0.25) is 4.79 Å². The third-order valence-corrected chi connectivity index (χ3v) is 4.17. The van der Waals surface area contributed by atoms with Crippen LogP contribution in [-0.4, -0.2) is 19.0 Å². The first-order chi connectivity index (χ1) is 8.94. The highest BCUT2D eigenvalue weighted by Crippen LogP contribution is 2.38. The van der Waals surface area contributed by atoms with Gasteiger partial charge in [0.25, 0.3) is 0 Å². The molecule has 0 unspecified atom stereocenters. The van der Waals surface area contributed by atoms with Crippen LogP contribution in [0.4, 0.5) is 17.1 Å². The maximum absolute atomic E-state index is 11.4. The molecule has 0 saturated carbocycles. The van der Waals surface area contributed by atoms with E-state index in [1.807, 2.05) is 6.07 Å². The van der Waals surface area contributed by atoms with E-state index in [2.05, 4.69) is 30.1 Å². The molecule has 0 atom stereocenters. The van der Waals surface area contributed by atoms with Crippen LogP contribution in [0.25, 0.3) is 0 Å². The minimum absolute atomic E-state index is 0.0851. The number of nitrogens with zero attached hydrogens (tertiary/aromatic N) is 1. The number of carbonyl (C=O) groups is 1. The Bertz CT molecular complexity index is 536. The minimum atomic E-state index is 0.0851. The Morgan fingerprint density at radius 3 is 2.79 bits per heavy atom. The van der Waals surface area contributed by atoms with Gasteiger partial charge in [0, 0.05) is 25.2 Å². The number of nitrogens with two attached hydrogens (primary N) is 1. The highest BCUT2D eigenvalue weighted by molar-refractivity contribution is 5.95. The summed E-state index contributed by atoms with van der Waals surface area (Å²) in [6, 6.07) is 4.07. The van der Waals surface area contributed by atoms with Crippen LogP contribution >= 0.6 is 0 Å². The Labute approximate surface area is 114 Å². The van der Waals surface area contributed by atoms with Gasteiger partial charge in [-0.2, -0.15) is 0 Å². The Kier molecular flexibility index (Phi) is 2.69. The molecule has 4 nitrogen and oxygen atoms in total. The van der Waals surface area contributed by atoms with Gasteiger partial charge in [0.15, 0.2) is 0 Å². The first-order valence-corrected chi connectivity index (χ1v) is 6.92. The van der Waals surface area contributed by atoms with Crippen LogP contribution in [0, 0.1) is 5.41 Å². The maximum Gasteiger partial charge on any atom is 0.224 e. The molecule has 4 heteroatoms. The number of hydrogen-bond donors (Lipinski definition) is 2. The predicted molar refractivity (Wildman–Crippen MR) is 78.4 cm³/mol. The zero-order valence-electron chi connectivity index (χ0n) is 11.6. The quantitative estimate of drug-likeness (QED) is 0.761. The third kappa shape index (κ3) is 2.27. The molecule has 1 aromatic carbocycles. The van der Waals surface area contributed by atoms with Crippen LogP contribution in [0.3, 0.4) is 0 Å². The van der Waals surface area contributed by atoms with Gasteiger partial charge in [-0.15, -0.1) is 0 Å². The smallest absolute Gasteiger partial charge is 0.224 e. The van der Waals surface area contributed by atoms with Crippen LogP contribution < -0.4 is 16.0 Å². The minimum Gasteiger partial charge on any atom is -0.397 e. The van der Waals surface area contributed by atoms with E-state index in [0.717, 1.165) is 36.6 Å². The predicted octanol–water partition coefficient (Wildman–Crippen LogP) is 2.39. The van der Waals surface area contributed by atoms with Crippen molar-refractivity contribution >= 4 is 23.0 Å². The fourth-order valence-electron chi connectivity index (χ4n) is 3.02. The third-order valence-electron chi connectivity index (χ3n) is 4.17. The fraction of sp³-hybridized carbons (Fsp3) is 0.533. The summed E-state index contributed by atoms with van der Waals surface area (Å²) < 4.78 is 0. The standard InChI is InChI=1S/C15H21N3O/c1-15(2)5-6-18(9-15)13-7-10-3-4-14(19)17-12(10)8-11(13)16/h7-8H,3-6,9,16H2,1-2H3,(H,17,19). The summed E-state index contributed by atoms with van der Waals surface area (Å²) in [5, 5.41) is 2.90. The highest BCUT2D eigenvalue weighted by atomic mass is 16.1. The molecule has 2 heterocycles. The average Bonchev–Trinajstić information content (AvgIpc) is 2.68. The number of anilines is 3. The highest BCUT2D eigenvalue weighted by Gasteiger charge is 2.30. The van der Waals surface area contributed by atoms with Crippen molar-refractivity contribution in [3.63, 3.8) is 0 Å². The lowest BCUT2D eigenvalue weighted by Gasteiger charge is -2.26. The number of nitrogen functional groups attached to an aromatic ring is 1. The molecule has 3 rings (SSSR count). The number of aryl methyl sites for hydroxylation is 1. The molecule has 0 aromatic heterocycles. The van der Waals surface area contributed by atoms with Crippen LogP contribution in [0.5, 0.6) is 0 Å². The van der Waals surface area contributed by atoms with Gasteiger partial charge in [-0.05, 0) is 36.0 Å². The van der Waals surface area contributed by atoms with Crippen molar-refractivity contribution in [3.05, 3.63) is 17.7 Å². The first kappa shape index (κ1) is 12.3. The fourth-order valence-corrected chi connectivity index (χ4v) is 3.02. The van der Waals surface area contributed by atoms with Crippen LogP contribution in [0.1, 0.15) is 32.3 Å². The Morgan fingerprint density at radius 1 is 1.32 bits per heavy atom. The molecule has 1 amide bonds. The second-order valence-electron chi connectivity index (χ2n) is 6.45. The Morgan fingerprint density at radius 2 is 2.11 bits per heavy atom. The molecule has 0 spiro atoms. The Hall–Kier alpha value is -1.71. The van der Waals surface area contributed by atoms with E-state index in [4.69, 9.17) is 5.73 Å². The summed E-state index contributed by atoms with van der Waals surface area (Å²) >= 11 is 0. The normalized spacial score (nSPS) is 21.2. The number of carbonyl (C=O) groups excluding carboxylic acids is 1. The molecule has 1 aromatic rings. The molecule has 102 valence electrons. The van der Waals surface area contributed by atoms with Gasteiger partial charge in [0.05, 0.1) is 11.4 Å². The molecule has 1 saturated heterocycles. The van der Waals surface area contributed by atoms with Crippen LogP contribution in [0.2, 0.25) is 0 Å². The summed E-state index contributed by atoms with van der Waals surface area (Å²) in [5.41, 5.74) is 10.5. The van der Waals surface area contributed by atoms with Gasteiger partial charge < -0.3 is 16.0 Å². The molecule has 2 aliphatic heterocycles. The van der Waals surface area contributed by atoms with E-state index in [9.17, 15) is 4.79 Å². The van der Waals surface area contributed by atoms with E-state index < -0.39 is 0 Å². The SMILES string of the molecule is CC1(C)CCN(c2cc3c(cc2N)NC(=O)CC3)C1. The zero-order valence-corrected chi connectivity index (χ0v) is 11.6. The van der Waals surface area contributed by atoms with Gasteiger partial charge in [-0.25, -0.2) is 0 Å². The van der Waals surface area contributed by atoms with Crippen molar-refractivity contribution in [2.24, 2.45) is 5.41 Å². The average molecular weight is 259 g/mol. The summed E-state index contributed by atoms with van der Waals surface area (Å²) in [7, 11) is 0. The molecule has 0 aliphatic carbocycles. The molecular weight excluding hydrogens is 238 g/mol.